The first-order chi connectivity index (χ1) is 17.0. The van der Waals surface area contributed by atoms with E-state index in [0.29, 0.717) is 42.8 Å². The molecule has 5 rings (SSSR count). The van der Waals surface area contributed by atoms with E-state index in [1.165, 1.54) is 9.87 Å². The molecule has 2 saturated heterocycles. The number of hydrogen-bond donors (Lipinski definition) is 0. The van der Waals surface area contributed by atoms with Gasteiger partial charge in [0.1, 0.15) is 0 Å². The average molecular weight is 493 g/mol. The Labute approximate surface area is 207 Å². The Kier molecular flexibility index (Phi) is 7.13. The fraction of sp³-hybridized carbons (Fsp3) is 0.407. The van der Waals surface area contributed by atoms with Gasteiger partial charge in [0, 0.05) is 31.7 Å². The molecule has 2 fully saturated rings. The van der Waals surface area contributed by atoms with Gasteiger partial charge < -0.3 is 9.64 Å². The van der Waals surface area contributed by atoms with Crippen LogP contribution in [0.1, 0.15) is 24.0 Å². The van der Waals surface area contributed by atoms with Crippen LogP contribution in [0.15, 0.2) is 65.6 Å². The van der Waals surface area contributed by atoms with Crippen LogP contribution in [0.2, 0.25) is 0 Å². The van der Waals surface area contributed by atoms with E-state index in [1.54, 1.807) is 6.07 Å². The van der Waals surface area contributed by atoms with Gasteiger partial charge in [0.25, 0.3) is 0 Å². The summed E-state index contributed by atoms with van der Waals surface area (Å²) in [5, 5.41) is 8.95. The van der Waals surface area contributed by atoms with Crippen molar-refractivity contribution < 1.29 is 13.2 Å². The van der Waals surface area contributed by atoms with Crippen molar-refractivity contribution in [2.45, 2.75) is 31.1 Å². The Balaban J connectivity index is 1.27. The summed E-state index contributed by atoms with van der Waals surface area (Å²) < 4.78 is 33.3. The topological polar surface area (TPSA) is 75.6 Å². The number of piperidine rings is 1. The van der Waals surface area contributed by atoms with Crippen molar-refractivity contribution in [1.29, 1.82) is 0 Å². The smallest absolute Gasteiger partial charge is 0.243 e. The monoisotopic (exact) mass is 492 g/mol. The first-order valence-electron chi connectivity index (χ1n) is 12.3. The molecular weight excluding hydrogens is 460 g/mol. The number of aromatic nitrogens is 2. The Morgan fingerprint density at radius 2 is 1.66 bits per heavy atom. The third-order valence-corrected chi connectivity index (χ3v) is 9.07. The molecule has 184 valence electrons. The maximum atomic E-state index is 13.2. The number of sulfonamides is 1. The van der Waals surface area contributed by atoms with Crippen LogP contribution in [0.3, 0.4) is 0 Å². The second-order valence-electron chi connectivity index (χ2n) is 9.39. The molecule has 3 heterocycles. The van der Waals surface area contributed by atoms with Gasteiger partial charge in [0.05, 0.1) is 23.8 Å². The van der Waals surface area contributed by atoms with E-state index in [4.69, 9.17) is 4.74 Å². The Hall–Kier alpha value is -2.81. The molecule has 3 aromatic rings. The summed E-state index contributed by atoms with van der Waals surface area (Å²) in [6.07, 6.45) is 3.40. The zero-order chi connectivity index (χ0) is 24.3. The van der Waals surface area contributed by atoms with E-state index in [0.717, 1.165) is 49.3 Å². The summed E-state index contributed by atoms with van der Waals surface area (Å²) in [5.74, 6) is 1.57. The molecular formula is C27H32N4O3S. The summed E-state index contributed by atoms with van der Waals surface area (Å²) in [7, 11) is -3.58. The van der Waals surface area contributed by atoms with E-state index in [9.17, 15) is 8.42 Å². The maximum absolute atomic E-state index is 13.2. The van der Waals surface area contributed by atoms with Crippen LogP contribution in [0.25, 0.3) is 11.3 Å². The fourth-order valence-corrected chi connectivity index (χ4v) is 6.58. The number of morpholine rings is 1. The van der Waals surface area contributed by atoms with Crippen molar-refractivity contribution in [3.63, 3.8) is 0 Å². The molecule has 0 bridgehead atoms. The van der Waals surface area contributed by atoms with Gasteiger partial charge in [-0.1, -0.05) is 42.5 Å². The quantitative estimate of drug-likeness (QED) is 0.519. The first-order valence-corrected chi connectivity index (χ1v) is 13.8. The Bertz CT molecular complexity index is 1240. The van der Waals surface area contributed by atoms with E-state index in [1.807, 2.05) is 31.2 Å². The van der Waals surface area contributed by atoms with Crippen LogP contribution >= 0.6 is 0 Å². The number of aryl methyl sites for hydroxylation is 1. The minimum atomic E-state index is -3.58. The van der Waals surface area contributed by atoms with Gasteiger partial charge in [0.2, 0.25) is 10.0 Å². The molecule has 2 aliphatic heterocycles. The summed E-state index contributed by atoms with van der Waals surface area (Å²) in [6.45, 7) is 5.37. The highest BCUT2D eigenvalue weighted by molar-refractivity contribution is 7.89. The molecule has 2 aliphatic rings. The van der Waals surface area contributed by atoms with E-state index >= 15 is 0 Å². The van der Waals surface area contributed by atoms with E-state index in [2.05, 4.69) is 45.4 Å². The van der Waals surface area contributed by atoms with Gasteiger partial charge in [-0.2, -0.15) is 4.31 Å². The second-order valence-corrected chi connectivity index (χ2v) is 11.3. The normalized spacial score (nSPS) is 18.0. The van der Waals surface area contributed by atoms with Crippen LogP contribution in [0, 0.1) is 12.8 Å². The van der Waals surface area contributed by atoms with Gasteiger partial charge in [-0.25, -0.2) is 8.42 Å². The van der Waals surface area contributed by atoms with Crippen molar-refractivity contribution >= 4 is 15.8 Å². The molecule has 0 spiro atoms. The maximum Gasteiger partial charge on any atom is 0.243 e. The van der Waals surface area contributed by atoms with Crippen molar-refractivity contribution in [2.24, 2.45) is 5.92 Å². The third-order valence-electron chi connectivity index (χ3n) is 7.03. The molecule has 0 unspecified atom stereocenters. The molecule has 0 saturated carbocycles. The number of hydrogen-bond acceptors (Lipinski definition) is 6. The van der Waals surface area contributed by atoms with E-state index in [-0.39, 0.29) is 0 Å². The van der Waals surface area contributed by atoms with Crippen LogP contribution < -0.4 is 4.90 Å². The first kappa shape index (κ1) is 23.9. The summed E-state index contributed by atoms with van der Waals surface area (Å²) in [6, 6.07) is 20.1. The van der Waals surface area contributed by atoms with E-state index < -0.39 is 10.0 Å². The standard InChI is InChI=1S/C27H32N4O3S/c1-21-7-8-24(20-26(21)35(32,33)31-15-17-34-18-16-31)25-9-10-27(29-28-25)30-13-11-23(12-14-30)19-22-5-3-2-4-6-22/h2-10,20,23H,11-19H2,1H3. The number of nitrogens with zero attached hydrogens (tertiary/aromatic N) is 4. The average Bonchev–Trinajstić information content (AvgIpc) is 2.91. The van der Waals surface area contributed by atoms with Gasteiger partial charge >= 0.3 is 0 Å². The third kappa shape index (κ3) is 5.39. The lowest BCUT2D eigenvalue weighted by molar-refractivity contribution is 0.0730. The molecule has 0 N–H and O–H groups in total. The number of ether oxygens (including phenoxy) is 1. The zero-order valence-electron chi connectivity index (χ0n) is 20.1. The van der Waals surface area contributed by atoms with Gasteiger partial charge in [-0.15, -0.1) is 10.2 Å². The molecule has 1 aromatic heterocycles. The Morgan fingerprint density at radius 3 is 2.34 bits per heavy atom. The highest BCUT2D eigenvalue weighted by Crippen LogP contribution is 2.28. The predicted octanol–water partition coefficient (Wildman–Crippen LogP) is 3.93. The summed E-state index contributed by atoms with van der Waals surface area (Å²) in [5.41, 5.74) is 3.56. The number of benzene rings is 2. The molecule has 35 heavy (non-hydrogen) atoms. The van der Waals surface area contributed by atoms with Gasteiger partial charge in [-0.05, 0) is 61.4 Å². The van der Waals surface area contributed by atoms with Crippen molar-refractivity contribution in [2.75, 3.05) is 44.3 Å². The molecule has 0 radical (unpaired) electrons. The molecule has 0 aliphatic carbocycles. The predicted molar refractivity (Wildman–Crippen MR) is 137 cm³/mol. The van der Waals surface area contributed by atoms with Crippen molar-refractivity contribution in [3.8, 4) is 11.3 Å². The van der Waals surface area contributed by atoms with Gasteiger partial charge in [-0.3, -0.25) is 0 Å². The van der Waals surface area contributed by atoms with Crippen molar-refractivity contribution in [1.82, 2.24) is 14.5 Å². The van der Waals surface area contributed by atoms with Crippen LogP contribution in [-0.2, 0) is 21.2 Å². The van der Waals surface area contributed by atoms with Crippen LogP contribution in [-0.4, -0.2) is 62.3 Å². The Morgan fingerprint density at radius 1 is 0.914 bits per heavy atom. The zero-order valence-corrected chi connectivity index (χ0v) is 21.0. The van der Waals surface area contributed by atoms with Gasteiger partial charge in [0.15, 0.2) is 5.82 Å². The highest BCUT2D eigenvalue weighted by Gasteiger charge is 2.28. The minimum absolute atomic E-state index is 0.322. The van der Waals surface area contributed by atoms with Crippen LogP contribution in [0.4, 0.5) is 5.82 Å². The largest absolute Gasteiger partial charge is 0.379 e. The SMILES string of the molecule is Cc1ccc(-c2ccc(N3CCC(Cc4ccccc4)CC3)nn2)cc1S(=O)(=O)N1CCOCC1. The molecule has 2 aromatic carbocycles. The summed E-state index contributed by atoms with van der Waals surface area (Å²) in [4.78, 5) is 2.62. The minimum Gasteiger partial charge on any atom is -0.379 e. The molecule has 8 heteroatoms. The molecule has 0 atom stereocenters. The lowest BCUT2D eigenvalue weighted by Crippen LogP contribution is -2.40. The fourth-order valence-electron chi connectivity index (χ4n) is 4.92. The lowest BCUT2D eigenvalue weighted by atomic mass is 9.90. The molecule has 7 nitrogen and oxygen atoms in total. The van der Waals surface area contributed by atoms with Crippen molar-refractivity contribution in [3.05, 3.63) is 71.8 Å². The summed E-state index contributed by atoms with van der Waals surface area (Å²) >= 11 is 0. The number of anilines is 1. The number of rotatable bonds is 6. The highest BCUT2D eigenvalue weighted by atomic mass is 32.2. The lowest BCUT2D eigenvalue weighted by Gasteiger charge is -2.32. The second kappa shape index (κ2) is 10.4. The van der Waals surface area contributed by atoms with Crippen LogP contribution in [0.5, 0.6) is 0 Å². The molecule has 0 amide bonds.